The van der Waals surface area contributed by atoms with Gasteiger partial charge in [0.15, 0.2) is 0 Å². The molecule has 0 bridgehead atoms. The minimum atomic E-state index is 0.516. The minimum absolute atomic E-state index is 0.516. The van der Waals surface area contributed by atoms with Crippen LogP contribution in [0.5, 0.6) is 11.6 Å². The molecule has 5 heteroatoms. The van der Waals surface area contributed by atoms with Crippen LogP contribution in [0.25, 0.3) is 0 Å². The van der Waals surface area contributed by atoms with Gasteiger partial charge < -0.3 is 4.74 Å². The number of aryl methyl sites for hydroxylation is 1. The standard InChI is InChI=1S/C10H8BrN3O/c1-7-13-3-2-10(14-7)15-9-4-8(11)5-12-6-9/h2-6H,1H3. The molecule has 0 unspecified atom stereocenters. The first-order valence-electron chi connectivity index (χ1n) is 4.32. The third kappa shape index (κ3) is 2.73. The predicted octanol–water partition coefficient (Wildman–Crippen LogP) is 2.73. The van der Waals surface area contributed by atoms with Gasteiger partial charge in [0.2, 0.25) is 5.88 Å². The van der Waals surface area contributed by atoms with Crippen molar-refractivity contribution in [1.82, 2.24) is 15.0 Å². The van der Waals surface area contributed by atoms with Crippen molar-refractivity contribution in [3.8, 4) is 11.6 Å². The molecular formula is C10H8BrN3O. The smallest absolute Gasteiger partial charge is 0.222 e. The van der Waals surface area contributed by atoms with Crippen molar-refractivity contribution in [3.63, 3.8) is 0 Å². The highest BCUT2D eigenvalue weighted by Gasteiger charge is 2.00. The number of hydrogen-bond donors (Lipinski definition) is 0. The summed E-state index contributed by atoms with van der Waals surface area (Å²) >= 11 is 3.31. The summed E-state index contributed by atoms with van der Waals surface area (Å²) in [6.07, 6.45) is 4.98. The van der Waals surface area contributed by atoms with E-state index >= 15 is 0 Å². The fraction of sp³-hybridized carbons (Fsp3) is 0.100. The zero-order valence-electron chi connectivity index (χ0n) is 8.01. The predicted molar refractivity (Wildman–Crippen MR) is 58.8 cm³/mol. The summed E-state index contributed by atoms with van der Waals surface area (Å²) in [4.78, 5) is 12.1. The lowest BCUT2D eigenvalue weighted by Crippen LogP contribution is -1.92. The summed E-state index contributed by atoms with van der Waals surface area (Å²) in [6.45, 7) is 1.81. The average Bonchev–Trinajstić information content (AvgIpc) is 2.17. The Hall–Kier alpha value is -1.49. The summed E-state index contributed by atoms with van der Waals surface area (Å²) in [6, 6.07) is 3.53. The molecular weight excluding hydrogens is 258 g/mol. The molecule has 2 aromatic rings. The fourth-order valence-electron chi connectivity index (χ4n) is 1.06. The van der Waals surface area contributed by atoms with E-state index in [1.54, 1.807) is 24.7 Å². The molecule has 0 spiro atoms. The molecule has 4 nitrogen and oxygen atoms in total. The van der Waals surface area contributed by atoms with Crippen molar-refractivity contribution < 1.29 is 4.74 Å². The van der Waals surface area contributed by atoms with Gasteiger partial charge in [-0.25, -0.2) is 4.98 Å². The van der Waals surface area contributed by atoms with Crippen LogP contribution in [-0.4, -0.2) is 15.0 Å². The Labute approximate surface area is 95.5 Å². The molecule has 0 aliphatic carbocycles. The van der Waals surface area contributed by atoms with E-state index in [2.05, 4.69) is 30.9 Å². The highest BCUT2D eigenvalue weighted by atomic mass is 79.9. The highest BCUT2D eigenvalue weighted by molar-refractivity contribution is 9.10. The summed E-state index contributed by atoms with van der Waals surface area (Å²) in [7, 11) is 0. The number of ether oxygens (including phenoxy) is 1. The van der Waals surface area contributed by atoms with E-state index < -0.39 is 0 Å². The van der Waals surface area contributed by atoms with Crippen LogP contribution in [0.1, 0.15) is 5.82 Å². The summed E-state index contributed by atoms with van der Waals surface area (Å²) in [5.41, 5.74) is 0. The molecule has 0 N–H and O–H groups in total. The van der Waals surface area contributed by atoms with E-state index in [9.17, 15) is 0 Å². The van der Waals surface area contributed by atoms with E-state index in [1.807, 2.05) is 13.0 Å². The van der Waals surface area contributed by atoms with Gasteiger partial charge in [0.25, 0.3) is 0 Å². The van der Waals surface area contributed by atoms with Gasteiger partial charge >= 0.3 is 0 Å². The lowest BCUT2D eigenvalue weighted by molar-refractivity contribution is 0.457. The summed E-state index contributed by atoms with van der Waals surface area (Å²) < 4.78 is 6.36. The Kier molecular flexibility index (Phi) is 2.91. The molecule has 0 fully saturated rings. The first kappa shape index (κ1) is 10.0. The van der Waals surface area contributed by atoms with E-state index in [0.717, 1.165) is 4.47 Å². The normalized spacial score (nSPS) is 10.0. The monoisotopic (exact) mass is 265 g/mol. The molecule has 0 radical (unpaired) electrons. The largest absolute Gasteiger partial charge is 0.437 e. The van der Waals surface area contributed by atoms with Crippen LogP contribution in [0.3, 0.4) is 0 Å². The average molecular weight is 266 g/mol. The van der Waals surface area contributed by atoms with Crippen LogP contribution in [0.15, 0.2) is 35.2 Å². The van der Waals surface area contributed by atoms with Gasteiger partial charge in [0.05, 0.1) is 6.20 Å². The summed E-state index contributed by atoms with van der Waals surface area (Å²) in [5.74, 6) is 1.83. The van der Waals surface area contributed by atoms with Gasteiger partial charge in [0.1, 0.15) is 11.6 Å². The number of halogens is 1. The van der Waals surface area contributed by atoms with E-state index in [1.165, 1.54) is 0 Å². The number of rotatable bonds is 2. The summed E-state index contributed by atoms with van der Waals surface area (Å²) in [5, 5.41) is 0. The molecule has 0 atom stereocenters. The van der Waals surface area contributed by atoms with Gasteiger partial charge in [-0.1, -0.05) is 0 Å². The Morgan fingerprint density at radius 2 is 2.20 bits per heavy atom. The second-order valence-electron chi connectivity index (χ2n) is 2.88. The van der Waals surface area contributed by atoms with E-state index in [-0.39, 0.29) is 0 Å². The van der Waals surface area contributed by atoms with Crippen LogP contribution in [0.4, 0.5) is 0 Å². The van der Waals surface area contributed by atoms with Crippen LogP contribution in [0.2, 0.25) is 0 Å². The van der Waals surface area contributed by atoms with Crippen LogP contribution < -0.4 is 4.74 Å². The van der Waals surface area contributed by atoms with Crippen molar-refractivity contribution >= 4 is 15.9 Å². The van der Waals surface area contributed by atoms with Crippen LogP contribution >= 0.6 is 15.9 Å². The molecule has 76 valence electrons. The van der Waals surface area contributed by atoms with Gasteiger partial charge in [-0.05, 0) is 28.9 Å². The molecule has 0 aromatic carbocycles. The quantitative estimate of drug-likeness (QED) is 0.838. The fourth-order valence-corrected chi connectivity index (χ4v) is 1.40. The Balaban J connectivity index is 2.22. The molecule has 15 heavy (non-hydrogen) atoms. The number of hydrogen-bond acceptors (Lipinski definition) is 4. The van der Waals surface area contributed by atoms with Crippen molar-refractivity contribution in [2.75, 3.05) is 0 Å². The van der Waals surface area contributed by atoms with Crippen molar-refractivity contribution in [1.29, 1.82) is 0 Å². The lowest BCUT2D eigenvalue weighted by atomic mass is 10.4. The SMILES string of the molecule is Cc1nccc(Oc2cncc(Br)c2)n1. The topological polar surface area (TPSA) is 47.9 Å². The third-order valence-electron chi connectivity index (χ3n) is 1.65. The van der Waals surface area contributed by atoms with E-state index in [4.69, 9.17) is 4.74 Å². The van der Waals surface area contributed by atoms with Gasteiger partial charge in [-0.15, -0.1) is 0 Å². The molecule has 0 aliphatic rings. The molecule has 0 saturated heterocycles. The van der Waals surface area contributed by atoms with Gasteiger partial charge in [-0.2, -0.15) is 4.98 Å². The Bertz CT molecular complexity index is 432. The number of nitrogens with zero attached hydrogens (tertiary/aromatic N) is 3. The van der Waals surface area contributed by atoms with Gasteiger partial charge in [0, 0.05) is 22.9 Å². The molecule has 2 heterocycles. The first-order chi connectivity index (χ1) is 7.24. The molecule has 2 aromatic heterocycles. The van der Waals surface area contributed by atoms with Crippen molar-refractivity contribution in [3.05, 3.63) is 41.0 Å². The lowest BCUT2D eigenvalue weighted by Gasteiger charge is -2.04. The number of pyridine rings is 1. The molecule has 0 aliphatic heterocycles. The molecule has 0 saturated carbocycles. The zero-order chi connectivity index (χ0) is 10.7. The molecule has 2 rings (SSSR count). The maximum Gasteiger partial charge on any atom is 0.222 e. The second-order valence-corrected chi connectivity index (χ2v) is 3.80. The maximum atomic E-state index is 5.50. The maximum absolute atomic E-state index is 5.50. The first-order valence-corrected chi connectivity index (χ1v) is 5.11. The van der Waals surface area contributed by atoms with Crippen molar-refractivity contribution in [2.45, 2.75) is 6.92 Å². The Morgan fingerprint density at radius 1 is 1.33 bits per heavy atom. The zero-order valence-corrected chi connectivity index (χ0v) is 9.60. The van der Waals surface area contributed by atoms with Crippen molar-refractivity contribution in [2.24, 2.45) is 0 Å². The molecule has 0 amide bonds. The third-order valence-corrected chi connectivity index (χ3v) is 2.09. The Morgan fingerprint density at radius 3 is 2.93 bits per heavy atom. The van der Waals surface area contributed by atoms with Crippen LogP contribution in [0, 0.1) is 6.92 Å². The van der Waals surface area contributed by atoms with Crippen LogP contribution in [-0.2, 0) is 0 Å². The second kappa shape index (κ2) is 4.35. The number of aromatic nitrogens is 3. The van der Waals surface area contributed by atoms with E-state index in [0.29, 0.717) is 17.5 Å². The van der Waals surface area contributed by atoms with Gasteiger partial charge in [-0.3, -0.25) is 4.98 Å². The highest BCUT2D eigenvalue weighted by Crippen LogP contribution is 2.21. The minimum Gasteiger partial charge on any atom is -0.437 e.